The zero-order valence-corrected chi connectivity index (χ0v) is 9.11. The van der Waals surface area contributed by atoms with Gasteiger partial charge in [0.05, 0.1) is 0 Å². The van der Waals surface area contributed by atoms with Gasteiger partial charge in [0.25, 0.3) is 0 Å². The van der Waals surface area contributed by atoms with Gasteiger partial charge in [-0.05, 0) is 0 Å². The van der Waals surface area contributed by atoms with E-state index in [-0.39, 0.29) is 0 Å². The molecule has 1 unspecified atom stereocenters. The summed E-state index contributed by atoms with van der Waals surface area (Å²) in [5, 5.41) is 17.2. The highest BCUT2D eigenvalue weighted by Gasteiger charge is 2.49. The van der Waals surface area contributed by atoms with Crippen LogP contribution in [0.15, 0.2) is 0 Å². The Hall–Kier alpha value is -0.770. The van der Waals surface area contributed by atoms with Crippen LogP contribution in [0.4, 0.5) is 0 Å². The fourth-order valence-electron chi connectivity index (χ4n) is 0.834. The molecule has 1 atom stereocenters. The number of Topliss-reactive ketones (excluding diaryl/α,β-unsaturated/α-hetero) is 1. The van der Waals surface area contributed by atoms with Crippen molar-refractivity contribution < 1.29 is 24.6 Å². The van der Waals surface area contributed by atoms with Crippen LogP contribution in [0.2, 0.25) is 0 Å². The fraction of sp³-hybridized carbons (Fsp3) is 0.500. The van der Waals surface area contributed by atoms with Crippen molar-refractivity contribution in [1.29, 1.82) is 0 Å². The lowest BCUT2D eigenvalue weighted by molar-refractivity contribution is -0.158. The van der Waals surface area contributed by atoms with Crippen molar-refractivity contribution in [1.82, 2.24) is 0 Å². The van der Waals surface area contributed by atoms with E-state index in [0.717, 1.165) is 0 Å². The first-order valence-electron chi connectivity index (χ1n) is 3.56. The van der Waals surface area contributed by atoms with Gasteiger partial charge in [0.2, 0.25) is 0 Å². The molecule has 0 aromatic carbocycles. The summed E-state index contributed by atoms with van der Waals surface area (Å²) in [7, 11) is 0. The van der Waals surface area contributed by atoms with Crippen LogP contribution in [-0.4, -0.2) is 38.2 Å². The topological polar surface area (TPSA) is 144 Å². The highest BCUT2D eigenvalue weighted by Crippen LogP contribution is 2.17. The number of hydrogen-bond acceptors (Lipinski definition) is 7. The van der Waals surface area contributed by atoms with Gasteiger partial charge >= 0.3 is 11.9 Å². The third-order valence-electron chi connectivity index (χ3n) is 1.63. The maximum atomic E-state index is 11.3. The lowest BCUT2D eigenvalue weighted by Gasteiger charge is -2.26. The van der Waals surface area contributed by atoms with Crippen LogP contribution in [0.1, 0.15) is 0 Å². The minimum Gasteiger partial charge on any atom is -0.481 e. The van der Waals surface area contributed by atoms with E-state index in [1.165, 1.54) is 0 Å². The molecular weight excluding hydrogens is 244 g/mol. The van der Waals surface area contributed by atoms with Crippen LogP contribution >= 0.6 is 25.3 Å². The second-order valence-electron chi connectivity index (χ2n) is 2.79. The van der Waals surface area contributed by atoms with E-state index in [2.05, 4.69) is 25.3 Å². The number of aliphatic carboxylic acids is 2. The first kappa shape index (κ1) is 14.2. The number of carbonyl (C=O) groups excluding carboxylic acids is 1. The minimum atomic E-state index is -2.69. The molecule has 0 rings (SSSR count). The van der Waals surface area contributed by atoms with Crippen molar-refractivity contribution in [2.75, 3.05) is 0 Å². The second kappa shape index (κ2) is 4.84. The number of rotatable bonds is 5. The summed E-state index contributed by atoms with van der Waals surface area (Å²) in [6.07, 6.45) is 0. The first-order valence-corrected chi connectivity index (χ1v) is 4.59. The van der Waals surface area contributed by atoms with Crippen molar-refractivity contribution in [2.45, 2.75) is 10.2 Å². The number of carboxylic acid groups (broad SMARTS) is 2. The van der Waals surface area contributed by atoms with Crippen molar-refractivity contribution in [3.8, 4) is 0 Å². The molecule has 0 aliphatic heterocycles. The number of carboxylic acids is 2. The number of thiol groups is 2. The Morgan fingerprint density at radius 2 is 1.53 bits per heavy atom. The minimum absolute atomic E-state index is 1.08. The molecule has 0 spiro atoms. The standard InChI is InChI=1S/C6H10N2O5S2/c7-6(8,5(12)13)1(3(10)11)2(9)4(14)15/h1,4,14-15H,7-8H2,(H,10,11)(H,12,13). The lowest BCUT2D eigenvalue weighted by Crippen LogP contribution is -2.66. The number of hydrogen-bond donors (Lipinski definition) is 6. The van der Waals surface area contributed by atoms with Crippen LogP contribution in [0, 0.1) is 5.92 Å². The van der Waals surface area contributed by atoms with Gasteiger partial charge in [0.15, 0.2) is 17.4 Å². The molecule has 0 saturated carbocycles. The molecule has 0 fully saturated rings. The summed E-state index contributed by atoms with van der Waals surface area (Å²) in [6, 6.07) is 0. The van der Waals surface area contributed by atoms with Gasteiger partial charge in [-0.1, -0.05) is 0 Å². The van der Waals surface area contributed by atoms with E-state index in [1.807, 2.05) is 0 Å². The summed E-state index contributed by atoms with van der Waals surface area (Å²) in [4.78, 5) is 32.5. The van der Waals surface area contributed by atoms with Crippen molar-refractivity contribution >= 4 is 43.0 Å². The molecule has 0 aliphatic carbocycles. The zero-order chi connectivity index (χ0) is 12.4. The van der Waals surface area contributed by atoms with E-state index in [1.54, 1.807) is 0 Å². The van der Waals surface area contributed by atoms with E-state index in [4.69, 9.17) is 21.7 Å². The molecule has 0 bridgehead atoms. The third-order valence-corrected chi connectivity index (χ3v) is 2.14. The quantitative estimate of drug-likeness (QED) is 0.192. The average Bonchev–Trinajstić information content (AvgIpc) is 2.02. The molecule has 9 heteroatoms. The number of carbonyl (C=O) groups is 3. The highest BCUT2D eigenvalue weighted by molar-refractivity contribution is 8.00. The van der Waals surface area contributed by atoms with Crippen LogP contribution in [0.25, 0.3) is 0 Å². The summed E-state index contributed by atoms with van der Waals surface area (Å²) < 4.78 is -1.27. The van der Waals surface area contributed by atoms with E-state index >= 15 is 0 Å². The largest absolute Gasteiger partial charge is 0.481 e. The number of nitrogens with two attached hydrogens (primary N) is 2. The molecule has 0 aliphatic rings. The van der Waals surface area contributed by atoms with Crippen molar-refractivity contribution in [2.24, 2.45) is 17.4 Å². The summed E-state index contributed by atoms with van der Waals surface area (Å²) in [5.41, 5.74) is 7.42. The third kappa shape index (κ3) is 3.09. The Morgan fingerprint density at radius 1 is 1.13 bits per heavy atom. The Balaban J connectivity index is 5.25. The average molecular weight is 254 g/mol. The fourth-order valence-corrected chi connectivity index (χ4v) is 1.13. The molecule has 0 heterocycles. The van der Waals surface area contributed by atoms with Gasteiger partial charge in [0, 0.05) is 0 Å². The maximum Gasteiger partial charge on any atom is 0.339 e. The first-order chi connectivity index (χ1) is 6.62. The summed E-state index contributed by atoms with van der Waals surface area (Å²) >= 11 is 7.15. The Morgan fingerprint density at radius 3 is 1.73 bits per heavy atom. The van der Waals surface area contributed by atoms with Gasteiger partial charge < -0.3 is 21.7 Å². The van der Waals surface area contributed by atoms with Crippen molar-refractivity contribution in [3.05, 3.63) is 0 Å². The number of ketones is 1. The highest BCUT2D eigenvalue weighted by atomic mass is 32.2. The lowest BCUT2D eigenvalue weighted by atomic mass is 9.90. The maximum absolute atomic E-state index is 11.3. The molecular formula is C6H10N2O5S2. The zero-order valence-electron chi connectivity index (χ0n) is 7.32. The predicted molar refractivity (Wildman–Crippen MR) is 56.6 cm³/mol. The van der Waals surface area contributed by atoms with Gasteiger partial charge in [-0.25, -0.2) is 4.79 Å². The van der Waals surface area contributed by atoms with Gasteiger partial charge in [-0.15, -0.1) is 0 Å². The van der Waals surface area contributed by atoms with Gasteiger partial charge in [0.1, 0.15) is 4.58 Å². The smallest absolute Gasteiger partial charge is 0.339 e. The predicted octanol–water partition coefficient (Wildman–Crippen LogP) is -1.86. The molecule has 86 valence electrons. The molecule has 15 heavy (non-hydrogen) atoms. The molecule has 6 N–H and O–H groups in total. The molecule has 0 aromatic heterocycles. The van der Waals surface area contributed by atoms with Crippen LogP contribution < -0.4 is 11.5 Å². The van der Waals surface area contributed by atoms with Gasteiger partial charge in [-0.2, -0.15) is 25.3 Å². The molecule has 7 nitrogen and oxygen atoms in total. The molecule has 0 radical (unpaired) electrons. The van der Waals surface area contributed by atoms with E-state index < -0.39 is 33.9 Å². The Bertz CT molecular complexity index is 304. The van der Waals surface area contributed by atoms with Crippen LogP contribution in [-0.2, 0) is 14.4 Å². The molecule has 0 amide bonds. The van der Waals surface area contributed by atoms with E-state index in [0.29, 0.717) is 0 Å². The Kier molecular flexibility index (Phi) is 4.59. The molecule has 0 saturated heterocycles. The Labute approximate surface area is 95.6 Å². The van der Waals surface area contributed by atoms with Gasteiger partial charge in [-0.3, -0.25) is 9.59 Å². The van der Waals surface area contributed by atoms with Crippen molar-refractivity contribution in [3.63, 3.8) is 0 Å². The van der Waals surface area contributed by atoms with E-state index in [9.17, 15) is 14.4 Å². The summed E-state index contributed by atoms with van der Waals surface area (Å²) in [5.74, 6) is -6.72. The normalized spacial score (nSPS) is 13.7. The second-order valence-corrected chi connectivity index (χ2v) is 4.23. The SMILES string of the molecule is NC(N)(C(=O)O)C(C(=O)O)C(=O)C(S)S. The van der Waals surface area contributed by atoms with Crippen LogP contribution in [0.3, 0.4) is 0 Å². The molecule has 0 aromatic rings. The summed E-state index contributed by atoms with van der Waals surface area (Å²) in [6.45, 7) is 0. The van der Waals surface area contributed by atoms with Crippen LogP contribution in [0.5, 0.6) is 0 Å². The monoisotopic (exact) mass is 254 g/mol.